The molecule has 0 amide bonds. The van der Waals surface area contributed by atoms with Gasteiger partial charge in [0.25, 0.3) is 0 Å². The zero-order valence-electron chi connectivity index (χ0n) is 5.20. The highest BCUT2D eigenvalue weighted by molar-refractivity contribution is 5.72. The number of nitrogens with one attached hydrogen (secondary N) is 1. The van der Waals surface area contributed by atoms with E-state index in [-0.39, 0.29) is 5.48 Å². The minimum atomic E-state index is 0. The van der Waals surface area contributed by atoms with E-state index in [9.17, 15) is 0 Å². The van der Waals surface area contributed by atoms with Gasteiger partial charge in [-0.05, 0) is 12.1 Å². The van der Waals surface area contributed by atoms with Gasteiger partial charge in [0, 0.05) is 6.20 Å². The number of nitrogens with zero attached hydrogens (tertiary/aromatic N) is 2. The lowest BCUT2D eigenvalue weighted by Crippen LogP contribution is -1.69. The van der Waals surface area contributed by atoms with Crippen LogP contribution in [0.5, 0.6) is 0 Å². The first-order valence-corrected chi connectivity index (χ1v) is 2.71. The molecule has 52 valence electrons. The summed E-state index contributed by atoms with van der Waals surface area (Å²) in [6, 6.07) is 3.82. The SMILES string of the molecule is O.c1cnc2cn[nH]c2c1. The minimum Gasteiger partial charge on any atom is -0.412 e. The predicted molar refractivity (Wildman–Crippen MR) is 37.5 cm³/mol. The highest BCUT2D eigenvalue weighted by atomic mass is 16.0. The fourth-order valence-electron chi connectivity index (χ4n) is 0.778. The molecule has 4 nitrogen and oxygen atoms in total. The van der Waals surface area contributed by atoms with Crippen LogP contribution in [0.15, 0.2) is 24.5 Å². The molecule has 0 aliphatic heterocycles. The zero-order valence-corrected chi connectivity index (χ0v) is 5.20. The van der Waals surface area contributed by atoms with Crippen LogP contribution in [-0.4, -0.2) is 20.7 Å². The Morgan fingerprint density at radius 2 is 2.30 bits per heavy atom. The van der Waals surface area contributed by atoms with Gasteiger partial charge in [0.15, 0.2) is 0 Å². The number of rotatable bonds is 0. The average Bonchev–Trinajstić information content (AvgIpc) is 2.33. The van der Waals surface area contributed by atoms with Crippen molar-refractivity contribution < 1.29 is 5.48 Å². The first-order valence-electron chi connectivity index (χ1n) is 2.71. The minimum absolute atomic E-state index is 0. The van der Waals surface area contributed by atoms with Crippen LogP contribution in [0.2, 0.25) is 0 Å². The lowest BCUT2D eigenvalue weighted by molar-refractivity contribution is 0.824. The van der Waals surface area contributed by atoms with Crippen molar-refractivity contribution in [1.82, 2.24) is 15.2 Å². The summed E-state index contributed by atoms with van der Waals surface area (Å²) in [5.74, 6) is 0. The van der Waals surface area contributed by atoms with Gasteiger partial charge in [-0.2, -0.15) is 5.10 Å². The van der Waals surface area contributed by atoms with Crippen LogP contribution >= 0.6 is 0 Å². The molecule has 3 N–H and O–H groups in total. The Kier molecular flexibility index (Phi) is 1.64. The predicted octanol–water partition coefficient (Wildman–Crippen LogP) is 0.133. The normalized spacial score (nSPS) is 9.20. The van der Waals surface area contributed by atoms with Crippen LogP contribution in [0, 0.1) is 0 Å². The molecule has 0 aliphatic carbocycles. The monoisotopic (exact) mass is 137 g/mol. The van der Waals surface area contributed by atoms with E-state index in [2.05, 4.69) is 15.2 Å². The largest absolute Gasteiger partial charge is 0.412 e. The van der Waals surface area contributed by atoms with Gasteiger partial charge in [-0.3, -0.25) is 10.1 Å². The third kappa shape index (κ3) is 0.844. The van der Waals surface area contributed by atoms with Gasteiger partial charge in [0.1, 0.15) is 5.52 Å². The molecule has 2 aromatic rings. The van der Waals surface area contributed by atoms with E-state index in [0.717, 1.165) is 11.0 Å². The molecule has 0 atom stereocenters. The summed E-state index contributed by atoms with van der Waals surface area (Å²) in [7, 11) is 0. The first kappa shape index (κ1) is 6.70. The molecule has 2 heterocycles. The van der Waals surface area contributed by atoms with Crippen molar-refractivity contribution in [2.45, 2.75) is 0 Å². The molecule has 0 bridgehead atoms. The molecule has 0 saturated carbocycles. The second-order valence-corrected chi connectivity index (χ2v) is 1.81. The summed E-state index contributed by atoms with van der Waals surface area (Å²) in [5.41, 5.74) is 1.90. The lowest BCUT2D eigenvalue weighted by atomic mass is 10.4. The summed E-state index contributed by atoms with van der Waals surface area (Å²) in [6.07, 6.45) is 3.45. The summed E-state index contributed by atoms with van der Waals surface area (Å²) in [6.45, 7) is 0. The Hall–Kier alpha value is -1.42. The van der Waals surface area contributed by atoms with E-state index < -0.39 is 0 Å². The third-order valence-electron chi connectivity index (χ3n) is 1.21. The van der Waals surface area contributed by atoms with E-state index >= 15 is 0 Å². The van der Waals surface area contributed by atoms with E-state index in [0.29, 0.717) is 0 Å². The first-order chi connectivity index (χ1) is 4.47. The quantitative estimate of drug-likeness (QED) is 0.560. The number of pyridine rings is 1. The molecule has 0 aromatic carbocycles. The van der Waals surface area contributed by atoms with Gasteiger partial charge >= 0.3 is 0 Å². The Labute approximate surface area is 57.2 Å². The van der Waals surface area contributed by atoms with E-state index in [1.807, 2.05) is 12.1 Å². The molecule has 0 spiro atoms. The standard InChI is InChI=1S/C6H5N3.H2O/c1-2-5-6(7-3-1)4-8-9-5;/h1-4H,(H,8,9);1H2. The molecule has 0 saturated heterocycles. The fraction of sp³-hybridized carbons (Fsp3) is 0. The molecule has 4 heteroatoms. The van der Waals surface area contributed by atoms with Crippen molar-refractivity contribution in [2.24, 2.45) is 0 Å². The molecule has 2 rings (SSSR count). The molecular weight excluding hydrogens is 130 g/mol. The highest BCUT2D eigenvalue weighted by Crippen LogP contribution is 2.02. The summed E-state index contributed by atoms with van der Waals surface area (Å²) in [5, 5.41) is 6.62. The maximum Gasteiger partial charge on any atom is 0.108 e. The number of aromatic nitrogens is 3. The topological polar surface area (TPSA) is 73.1 Å². The maximum atomic E-state index is 4.05. The van der Waals surface area contributed by atoms with Crippen molar-refractivity contribution in [1.29, 1.82) is 0 Å². The Morgan fingerprint density at radius 3 is 3.10 bits per heavy atom. The molecule has 0 aliphatic rings. The Bertz CT molecular complexity index is 287. The smallest absolute Gasteiger partial charge is 0.108 e. The van der Waals surface area contributed by atoms with E-state index in [1.54, 1.807) is 12.4 Å². The van der Waals surface area contributed by atoms with Crippen LogP contribution in [0.4, 0.5) is 0 Å². The summed E-state index contributed by atoms with van der Waals surface area (Å²) >= 11 is 0. The van der Waals surface area contributed by atoms with Crippen molar-refractivity contribution in [3.8, 4) is 0 Å². The second kappa shape index (κ2) is 2.45. The molecule has 0 unspecified atom stereocenters. The van der Waals surface area contributed by atoms with Crippen LogP contribution in [-0.2, 0) is 0 Å². The van der Waals surface area contributed by atoms with Gasteiger partial charge in [-0.15, -0.1) is 0 Å². The molecule has 0 fully saturated rings. The zero-order chi connectivity index (χ0) is 6.10. The van der Waals surface area contributed by atoms with Crippen molar-refractivity contribution in [3.63, 3.8) is 0 Å². The number of hydrogen-bond acceptors (Lipinski definition) is 2. The number of hydrogen-bond donors (Lipinski definition) is 1. The number of H-pyrrole nitrogens is 1. The Morgan fingerprint density at radius 1 is 1.40 bits per heavy atom. The van der Waals surface area contributed by atoms with E-state index in [4.69, 9.17) is 0 Å². The number of fused-ring (bicyclic) bond motifs is 1. The van der Waals surface area contributed by atoms with Gasteiger partial charge in [0.05, 0.1) is 11.7 Å². The Balaban J connectivity index is 0.000000500. The van der Waals surface area contributed by atoms with E-state index in [1.165, 1.54) is 0 Å². The van der Waals surface area contributed by atoms with Gasteiger partial charge in [0.2, 0.25) is 0 Å². The van der Waals surface area contributed by atoms with Crippen molar-refractivity contribution in [2.75, 3.05) is 0 Å². The summed E-state index contributed by atoms with van der Waals surface area (Å²) < 4.78 is 0. The van der Waals surface area contributed by atoms with Gasteiger partial charge in [-0.1, -0.05) is 0 Å². The second-order valence-electron chi connectivity index (χ2n) is 1.81. The number of aromatic amines is 1. The molecule has 2 aromatic heterocycles. The van der Waals surface area contributed by atoms with Crippen LogP contribution in [0.1, 0.15) is 0 Å². The molecular formula is C6H7N3O. The van der Waals surface area contributed by atoms with Crippen LogP contribution in [0.3, 0.4) is 0 Å². The molecule has 0 radical (unpaired) electrons. The molecule has 10 heavy (non-hydrogen) atoms. The van der Waals surface area contributed by atoms with Crippen molar-refractivity contribution >= 4 is 11.0 Å². The van der Waals surface area contributed by atoms with Gasteiger partial charge in [-0.25, -0.2) is 0 Å². The lowest BCUT2D eigenvalue weighted by Gasteiger charge is -1.80. The van der Waals surface area contributed by atoms with Crippen LogP contribution in [0.25, 0.3) is 11.0 Å². The maximum absolute atomic E-state index is 4.05. The van der Waals surface area contributed by atoms with Crippen molar-refractivity contribution in [3.05, 3.63) is 24.5 Å². The fourth-order valence-corrected chi connectivity index (χ4v) is 0.778. The summed E-state index contributed by atoms with van der Waals surface area (Å²) in [4.78, 5) is 4.05. The van der Waals surface area contributed by atoms with Crippen LogP contribution < -0.4 is 0 Å². The third-order valence-corrected chi connectivity index (χ3v) is 1.21. The average molecular weight is 137 g/mol. The highest BCUT2D eigenvalue weighted by Gasteiger charge is 1.89. The van der Waals surface area contributed by atoms with Gasteiger partial charge < -0.3 is 5.48 Å².